The summed E-state index contributed by atoms with van der Waals surface area (Å²) in [4.78, 5) is 0. The molecule has 0 saturated heterocycles. The van der Waals surface area contributed by atoms with Crippen molar-refractivity contribution in [2.75, 3.05) is 6.16 Å². The third kappa shape index (κ3) is 3.95. The van der Waals surface area contributed by atoms with Crippen LogP contribution in [0.4, 0.5) is 0 Å². The van der Waals surface area contributed by atoms with Crippen molar-refractivity contribution in [2.24, 2.45) is 0 Å². The lowest BCUT2D eigenvalue weighted by Crippen LogP contribution is -2.13. The molecule has 2 aromatic carbocycles. The van der Waals surface area contributed by atoms with E-state index >= 15 is 0 Å². The zero-order valence-corrected chi connectivity index (χ0v) is 14.5. The van der Waals surface area contributed by atoms with Crippen LogP contribution in [-0.4, -0.2) is 6.16 Å². The van der Waals surface area contributed by atoms with E-state index in [0.29, 0.717) is 11.8 Å². The van der Waals surface area contributed by atoms with E-state index < -0.39 is 0 Å². The van der Waals surface area contributed by atoms with Gasteiger partial charge in [-0.3, -0.25) is 0 Å². The lowest BCUT2D eigenvalue weighted by atomic mass is 10.0. The number of benzene rings is 2. The van der Waals surface area contributed by atoms with Gasteiger partial charge in [0.1, 0.15) is 0 Å². The van der Waals surface area contributed by atoms with Gasteiger partial charge in [-0.25, -0.2) is 0 Å². The molecule has 0 spiro atoms. The van der Waals surface area contributed by atoms with E-state index in [4.69, 9.17) is 0 Å². The van der Waals surface area contributed by atoms with Crippen molar-refractivity contribution in [3.8, 4) is 0 Å². The molecule has 0 unspecified atom stereocenters. The second-order valence-corrected chi connectivity index (χ2v) is 8.48. The summed E-state index contributed by atoms with van der Waals surface area (Å²) in [6.45, 7) is 13.1. The molecule has 2 rings (SSSR count). The average molecular weight is 297 g/mol. The summed E-state index contributed by atoms with van der Waals surface area (Å²) in [6.07, 6.45) is 0.956. The minimum atomic E-state index is -0.323. The maximum Gasteiger partial charge on any atom is -0.0195 e. The first-order chi connectivity index (χ1) is 10.0. The Kier molecular flexibility index (Phi) is 5.59. The zero-order valence-electron chi connectivity index (χ0n) is 13.6. The standard InChI is InChI=1S/C20H26P/c1-6-21(19-11-7-17(8-12-19)15(2)3)20-13-9-18(10-14-20)16(4)5/h7-16H,1,6H2,2-5H3. The topological polar surface area (TPSA) is 0 Å². The van der Waals surface area contributed by atoms with Crippen LogP contribution in [0, 0.1) is 6.92 Å². The first kappa shape index (κ1) is 16.2. The molecule has 0 aromatic heterocycles. The predicted molar refractivity (Wildman–Crippen MR) is 97.5 cm³/mol. The van der Waals surface area contributed by atoms with Crippen LogP contribution >= 0.6 is 7.92 Å². The molecule has 0 aliphatic carbocycles. The van der Waals surface area contributed by atoms with E-state index in [1.165, 1.54) is 21.7 Å². The summed E-state index contributed by atoms with van der Waals surface area (Å²) >= 11 is 0. The summed E-state index contributed by atoms with van der Waals surface area (Å²) < 4.78 is 0. The van der Waals surface area contributed by atoms with Gasteiger partial charge in [0, 0.05) is 0 Å². The second-order valence-electron chi connectivity index (χ2n) is 6.14. The Hall–Kier alpha value is -1.13. The highest BCUT2D eigenvalue weighted by Crippen LogP contribution is 2.33. The lowest BCUT2D eigenvalue weighted by molar-refractivity contribution is 0.867. The fraction of sp³-hybridized carbons (Fsp3) is 0.350. The monoisotopic (exact) mass is 297 g/mol. The smallest absolute Gasteiger partial charge is 0.0195 e. The minimum Gasteiger partial charge on any atom is -0.0587 e. The molecule has 0 amide bonds. The van der Waals surface area contributed by atoms with E-state index in [9.17, 15) is 0 Å². The van der Waals surface area contributed by atoms with Crippen molar-refractivity contribution in [2.45, 2.75) is 39.5 Å². The first-order valence-electron chi connectivity index (χ1n) is 7.79. The Morgan fingerprint density at radius 1 is 0.714 bits per heavy atom. The molecule has 0 atom stereocenters. The van der Waals surface area contributed by atoms with Crippen LogP contribution in [0.25, 0.3) is 0 Å². The summed E-state index contributed by atoms with van der Waals surface area (Å²) in [5, 5.41) is 2.86. The van der Waals surface area contributed by atoms with Crippen molar-refractivity contribution in [1.29, 1.82) is 0 Å². The predicted octanol–water partition coefficient (Wildman–Crippen LogP) is 5.20. The molecule has 0 nitrogen and oxygen atoms in total. The van der Waals surface area contributed by atoms with Crippen LogP contribution < -0.4 is 10.6 Å². The normalized spacial score (nSPS) is 11.6. The van der Waals surface area contributed by atoms with Gasteiger partial charge in [-0.2, -0.15) is 0 Å². The fourth-order valence-electron chi connectivity index (χ4n) is 2.49. The fourth-order valence-corrected chi connectivity index (χ4v) is 4.32. The molecular weight excluding hydrogens is 271 g/mol. The summed E-state index contributed by atoms with van der Waals surface area (Å²) in [5.74, 6) is 1.19. The van der Waals surface area contributed by atoms with Gasteiger partial charge in [0.15, 0.2) is 0 Å². The first-order valence-corrected chi connectivity index (χ1v) is 9.32. The van der Waals surface area contributed by atoms with Gasteiger partial charge in [-0.1, -0.05) is 76.2 Å². The van der Waals surface area contributed by atoms with Crippen molar-refractivity contribution < 1.29 is 0 Å². The molecule has 0 bridgehead atoms. The van der Waals surface area contributed by atoms with Crippen molar-refractivity contribution in [1.82, 2.24) is 0 Å². The molecule has 0 aliphatic heterocycles. The van der Waals surface area contributed by atoms with Gasteiger partial charge < -0.3 is 0 Å². The zero-order chi connectivity index (χ0) is 15.4. The van der Waals surface area contributed by atoms with Crippen LogP contribution in [-0.2, 0) is 0 Å². The lowest BCUT2D eigenvalue weighted by Gasteiger charge is -2.18. The van der Waals surface area contributed by atoms with Gasteiger partial charge >= 0.3 is 0 Å². The second kappa shape index (κ2) is 7.23. The third-order valence-corrected chi connectivity index (χ3v) is 6.26. The molecular formula is C20H26P. The largest absolute Gasteiger partial charge is 0.0587 e. The Bertz CT molecular complexity index is 498. The van der Waals surface area contributed by atoms with Gasteiger partial charge in [-0.05, 0) is 54.6 Å². The Labute approximate surface area is 131 Å². The highest BCUT2D eigenvalue weighted by Gasteiger charge is 2.12. The number of hydrogen-bond donors (Lipinski definition) is 0. The average Bonchev–Trinajstić information content (AvgIpc) is 2.49. The number of hydrogen-bond acceptors (Lipinski definition) is 0. The van der Waals surface area contributed by atoms with Crippen LogP contribution in [0.5, 0.6) is 0 Å². The van der Waals surface area contributed by atoms with Gasteiger partial charge in [0.25, 0.3) is 0 Å². The SMILES string of the molecule is [CH2]CP(c1ccc(C(C)C)cc1)c1ccc(C(C)C)cc1. The van der Waals surface area contributed by atoms with Crippen molar-refractivity contribution in [3.05, 3.63) is 66.6 Å². The molecule has 0 heterocycles. The highest BCUT2D eigenvalue weighted by atomic mass is 31.1. The van der Waals surface area contributed by atoms with E-state index in [2.05, 4.69) is 83.1 Å². The molecule has 0 N–H and O–H groups in total. The summed E-state index contributed by atoms with van der Waals surface area (Å²) in [5.41, 5.74) is 2.82. The number of rotatable bonds is 5. The van der Waals surface area contributed by atoms with Crippen LogP contribution in [0.2, 0.25) is 0 Å². The van der Waals surface area contributed by atoms with Gasteiger partial charge in [-0.15, -0.1) is 0 Å². The van der Waals surface area contributed by atoms with E-state index in [0.717, 1.165) is 6.16 Å². The molecule has 2 aromatic rings. The molecule has 0 aliphatic rings. The van der Waals surface area contributed by atoms with E-state index in [1.54, 1.807) is 0 Å². The summed E-state index contributed by atoms with van der Waals surface area (Å²) in [7, 11) is -0.323. The van der Waals surface area contributed by atoms with Crippen LogP contribution in [0.15, 0.2) is 48.5 Å². The van der Waals surface area contributed by atoms with Crippen LogP contribution in [0.1, 0.15) is 50.7 Å². The molecule has 0 saturated carbocycles. The van der Waals surface area contributed by atoms with E-state index in [1.807, 2.05) is 0 Å². The van der Waals surface area contributed by atoms with Gasteiger partial charge in [0.2, 0.25) is 0 Å². The maximum absolute atomic E-state index is 4.18. The minimum absolute atomic E-state index is 0.323. The van der Waals surface area contributed by atoms with Crippen molar-refractivity contribution >= 4 is 18.5 Å². The van der Waals surface area contributed by atoms with E-state index in [-0.39, 0.29) is 7.92 Å². The molecule has 1 radical (unpaired) electrons. The van der Waals surface area contributed by atoms with Gasteiger partial charge in [0.05, 0.1) is 0 Å². The Balaban J connectivity index is 2.26. The molecule has 21 heavy (non-hydrogen) atoms. The quantitative estimate of drug-likeness (QED) is 0.665. The molecule has 0 fully saturated rings. The molecule has 1 heteroatoms. The van der Waals surface area contributed by atoms with Crippen LogP contribution in [0.3, 0.4) is 0 Å². The maximum atomic E-state index is 4.18. The molecule has 111 valence electrons. The Morgan fingerprint density at radius 2 is 1.05 bits per heavy atom. The highest BCUT2D eigenvalue weighted by molar-refractivity contribution is 7.73. The Morgan fingerprint density at radius 3 is 1.29 bits per heavy atom. The summed E-state index contributed by atoms with van der Waals surface area (Å²) in [6, 6.07) is 18.3. The third-order valence-electron chi connectivity index (χ3n) is 3.97. The van der Waals surface area contributed by atoms with Crippen molar-refractivity contribution in [3.63, 3.8) is 0 Å².